The summed E-state index contributed by atoms with van der Waals surface area (Å²) < 4.78 is 0. The third kappa shape index (κ3) is 5.44. The van der Waals surface area contributed by atoms with E-state index in [0.29, 0.717) is 32.5 Å². The number of amides is 2. The van der Waals surface area contributed by atoms with E-state index in [1.165, 1.54) is 0 Å². The maximum absolute atomic E-state index is 11.7. The minimum absolute atomic E-state index is 0.0792. The number of carboxylic acid groups (broad SMARTS) is 1. The molecular weight excluding hydrogens is 250 g/mol. The molecule has 0 atom stereocenters. The minimum Gasteiger partial charge on any atom is -0.481 e. The lowest BCUT2D eigenvalue weighted by Crippen LogP contribution is -2.53. The number of nitrogens with zero attached hydrogens (tertiary/aromatic N) is 2. The summed E-state index contributed by atoms with van der Waals surface area (Å²) in [4.78, 5) is 25.6. The fraction of sp³-hybridized carbons (Fsp3) is 0.833. The fourth-order valence-corrected chi connectivity index (χ4v) is 2.26. The lowest BCUT2D eigenvalue weighted by atomic mass is 9.91. The van der Waals surface area contributed by atoms with Crippen LogP contribution in [-0.2, 0) is 4.79 Å². The standard InChI is InChI=1S/C12H23N3O4/c1-14(2)9-12(19)4-7-15(8-5-12)11(18)13-6-3-10(16)17/h19H,3-9H2,1-2H3,(H,13,18)(H,16,17). The van der Waals surface area contributed by atoms with Gasteiger partial charge in [-0.25, -0.2) is 4.79 Å². The van der Waals surface area contributed by atoms with Crippen LogP contribution < -0.4 is 5.32 Å². The predicted molar refractivity (Wildman–Crippen MR) is 70.0 cm³/mol. The van der Waals surface area contributed by atoms with Crippen LogP contribution in [0.2, 0.25) is 0 Å². The maximum Gasteiger partial charge on any atom is 0.317 e. The number of nitrogens with one attached hydrogen (secondary N) is 1. The van der Waals surface area contributed by atoms with Crippen LogP contribution in [0, 0.1) is 0 Å². The third-order valence-electron chi connectivity index (χ3n) is 3.21. The average Bonchev–Trinajstić information content (AvgIpc) is 2.27. The highest BCUT2D eigenvalue weighted by Crippen LogP contribution is 2.22. The number of hydrogen-bond acceptors (Lipinski definition) is 4. The van der Waals surface area contributed by atoms with Crippen LogP contribution in [0.25, 0.3) is 0 Å². The molecule has 1 aliphatic heterocycles. The first-order valence-corrected chi connectivity index (χ1v) is 6.44. The van der Waals surface area contributed by atoms with Gasteiger partial charge in [-0.05, 0) is 26.9 Å². The number of rotatable bonds is 5. The van der Waals surface area contributed by atoms with E-state index in [2.05, 4.69) is 5.32 Å². The van der Waals surface area contributed by atoms with E-state index in [0.717, 1.165) is 0 Å². The van der Waals surface area contributed by atoms with Gasteiger partial charge in [-0.1, -0.05) is 0 Å². The molecule has 19 heavy (non-hydrogen) atoms. The Balaban J connectivity index is 2.32. The zero-order valence-electron chi connectivity index (χ0n) is 11.6. The summed E-state index contributed by atoms with van der Waals surface area (Å²) in [5, 5.41) is 21.4. The van der Waals surface area contributed by atoms with Crippen molar-refractivity contribution in [2.75, 3.05) is 40.3 Å². The Kier molecular flexibility index (Phi) is 5.56. The van der Waals surface area contributed by atoms with Gasteiger partial charge in [0, 0.05) is 26.2 Å². The number of urea groups is 1. The second-order valence-electron chi connectivity index (χ2n) is 5.32. The van der Waals surface area contributed by atoms with Crippen molar-refractivity contribution in [3.63, 3.8) is 0 Å². The molecule has 1 fully saturated rings. The zero-order valence-corrected chi connectivity index (χ0v) is 11.6. The molecule has 1 heterocycles. The summed E-state index contributed by atoms with van der Waals surface area (Å²) in [6.07, 6.45) is 0.999. The van der Waals surface area contributed by atoms with Gasteiger partial charge in [0.15, 0.2) is 0 Å². The Morgan fingerprint density at radius 2 is 1.89 bits per heavy atom. The van der Waals surface area contributed by atoms with Crippen molar-refractivity contribution >= 4 is 12.0 Å². The van der Waals surface area contributed by atoms with Crippen molar-refractivity contribution in [1.82, 2.24) is 15.1 Å². The topological polar surface area (TPSA) is 93.1 Å². The van der Waals surface area contributed by atoms with Gasteiger partial charge < -0.3 is 25.3 Å². The number of piperidine rings is 1. The van der Waals surface area contributed by atoms with Gasteiger partial charge in [0.1, 0.15) is 0 Å². The summed E-state index contributed by atoms with van der Waals surface area (Å²) in [6.45, 7) is 1.70. The van der Waals surface area contributed by atoms with E-state index >= 15 is 0 Å². The van der Waals surface area contributed by atoms with Crippen molar-refractivity contribution in [2.45, 2.75) is 24.9 Å². The highest BCUT2D eigenvalue weighted by atomic mass is 16.4. The molecule has 1 saturated heterocycles. The van der Waals surface area contributed by atoms with Crippen molar-refractivity contribution < 1.29 is 19.8 Å². The highest BCUT2D eigenvalue weighted by molar-refractivity contribution is 5.75. The Hall–Kier alpha value is -1.34. The molecule has 0 aromatic carbocycles. The number of carbonyl (C=O) groups is 2. The monoisotopic (exact) mass is 273 g/mol. The summed E-state index contributed by atoms with van der Waals surface area (Å²) >= 11 is 0. The van der Waals surface area contributed by atoms with Gasteiger partial charge >= 0.3 is 12.0 Å². The lowest BCUT2D eigenvalue weighted by molar-refractivity contribution is -0.136. The van der Waals surface area contributed by atoms with Crippen molar-refractivity contribution in [2.24, 2.45) is 0 Å². The van der Waals surface area contributed by atoms with E-state index in [4.69, 9.17) is 5.11 Å². The predicted octanol–water partition coefficient (Wildman–Crippen LogP) is -0.441. The van der Waals surface area contributed by atoms with E-state index in [1.807, 2.05) is 19.0 Å². The lowest BCUT2D eigenvalue weighted by Gasteiger charge is -2.39. The molecular formula is C12H23N3O4. The SMILES string of the molecule is CN(C)CC1(O)CCN(C(=O)NCCC(=O)O)CC1. The molecule has 0 spiro atoms. The first-order valence-electron chi connectivity index (χ1n) is 6.44. The summed E-state index contributed by atoms with van der Waals surface area (Å²) in [5.41, 5.74) is -0.735. The maximum atomic E-state index is 11.7. The zero-order chi connectivity index (χ0) is 14.5. The highest BCUT2D eigenvalue weighted by Gasteiger charge is 2.34. The van der Waals surface area contributed by atoms with Gasteiger partial charge in [-0.2, -0.15) is 0 Å². The molecule has 7 heteroatoms. The molecule has 0 bridgehead atoms. The molecule has 3 N–H and O–H groups in total. The molecule has 0 unspecified atom stereocenters. The first kappa shape index (κ1) is 15.7. The summed E-state index contributed by atoms with van der Waals surface area (Å²) in [5.74, 6) is -0.931. The fourth-order valence-electron chi connectivity index (χ4n) is 2.26. The van der Waals surface area contributed by atoms with E-state index in [1.54, 1.807) is 4.90 Å². The molecule has 0 saturated carbocycles. The van der Waals surface area contributed by atoms with Gasteiger partial charge in [0.2, 0.25) is 0 Å². The number of carboxylic acids is 1. The Labute approximate surface area is 113 Å². The molecule has 0 aromatic heterocycles. The van der Waals surface area contributed by atoms with E-state index in [9.17, 15) is 14.7 Å². The minimum atomic E-state index is -0.931. The smallest absolute Gasteiger partial charge is 0.317 e. The van der Waals surface area contributed by atoms with Crippen molar-refractivity contribution in [3.8, 4) is 0 Å². The van der Waals surface area contributed by atoms with Crippen LogP contribution >= 0.6 is 0 Å². The summed E-state index contributed by atoms with van der Waals surface area (Å²) in [7, 11) is 3.81. The van der Waals surface area contributed by atoms with Gasteiger partial charge in [-0.3, -0.25) is 4.79 Å². The van der Waals surface area contributed by atoms with Gasteiger partial charge in [0.05, 0.1) is 12.0 Å². The van der Waals surface area contributed by atoms with E-state index in [-0.39, 0.29) is 19.0 Å². The number of carbonyl (C=O) groups excluding carboxylic acids is 1. The Bertz CT molecular complexity index is 325. The molecule has 7 nitrogen and oxygen atoms in total. The molecule has 110 valence electrons. The quantitative estimate of drug-likeness (QED) is 0.631. The molecule has 0 aromatic rings. The molecule has 1 aliphatic rings. The van der Waals surface area contributed by atoms with Crippen LogP contribution in [0.1, 0.15) is 19.3 Å². The van der Waals surface area contributed by atoms with Gasteiger partial charge in [0.25, 0.3) is 0 Å². The molecule has 1 rings (SSSR count). The Morgan fingerprint density at radius 1 is 1.32 bits per heavy atom. The second kappa shape index (κ2) is 6.72. The van der Waals surface area contributed by atoms with Crippen LogP contribution in [0.3, 0.4) is 0 Å². The molecule has 0 aliphatic carbocycles. The number of likely N-dealkylation sites (N-methyl/N-ethyl adjacent to an activating group) is 1. The van der Waals surface area contributed by atoms with Crippen molar-refractivity contribution in [3.05, 3.63) is 0 Å². The normalized spacial score (nSPS) is 18.4. The van der Waals surface area contributed by atoms with Crippen LogP contribution in [-0.4, -0.2) is 77.9 Å². The number of likely N-dealkylation sites (tertiary alicyclic amines) is 1. The summed E-state index contributed by atoms with van der Waals surface area (Å²) in [6, 6.07) is -0.256. The van der Waals surface area contributed by atoms with Crippen molar-refractivity contribution in [1.29, 1.82) is 0 Å². The van der Waals surface area contributed by atoms with Crippen LogP contribution in [0.5, 0.6) is 0 Å². The van der Waals surface area contributed by atoms with Crippen LogP contribution in [0.4, 0.5) is 4.79 Å². The first-order chi connectivity index (χ1) is 8.82. The molecule has 0 radical (unpaired) electrons. The van der Waals surface area contributed by atoms with Crippen LogP contribution in [0.15, 0.2) is 0 Å². The third-order valence-corrected chi connectivity index (χ3v) is 3.21. The largest absolute Gasteiger partial charge is 0.481 e. The number of hydrogen-bond donors (Lipinski definition) is 3. The average molecular weight is 273 g/mol. The molecule has 2 amide bonds. The number of aliphatic carboxylic acids is 1. The van der Waals surface area contributed by atoms with E-state index < -0.39 is 11.6 Å². The van der Waals surface area contributed by atoms with Gasteiger partial charge in [-0.15, -0.1) is 0 Å². The number of aliphatic hydroxyl groups is 1. The Morgan fingerprint density at radius 3 is 2.37 bits per heavy atom. The second-order valence-corrected chi connectivity index (χ2v) is 5.32.